The lowest BCUT2D eigenvalue weighted by Crippen LogP contribution is -2.45. The van der Waals surface area contributed by atoms with Gasteiger partial charge in [0.25, 0.3) is 0 Å². The van der Waals surface area contributed by atoms with Gasteiger partial charge in [-0.25, -0.2) is 0 Å². The number of nitrogens with one attached hydrogen (secondary N) is 1. The molecule has 0 amide bonds. The van der Waals surface area contributed by atoms with Crippen molar-refractivity contribution in [3.05, 3.63) is 29.3 Å². The van der Waals surface area contributed by atoms with E-state index in [1.165, 1.54) is 18.4 Å². The molecule has 4 nitrogen and oxygen atoms in total. The molecular weight excluding hydrogens is 389 g/mol. The molecule has 124 valence electrons. The molecule has 1 aliphatic heterocycles. The van der Waals surface area contributed by atoms with Crippen molar-refractivity contribution >= 4 is 29.9 Å². The number of nitrogens with zero attached hydrogens (tertiary/aromatic N) is 2. The first-order valence-electron chi connectivity index (χ1n) is 7.73. The van der Waals surface area contributed by atoms with Gasteiger partial charge in [0.2, 0.25) is 0 Å². The number of hydrogen-bond acceptors (Lipinski definition) is 2. The standard InChI is InChI=1S/C17H27N3O.HI/c1-13-7-9-20(10-8-13)17(18-3)19-12-15-6-5-14(2)16(11-15)21-4;/h5-6,11,13H,7-10,12H2,1-4H3,(H,18,19);1H. The van der Waals surface area contributed by atoms with Crippen molar-refractivity contribution in [2.75, 3.05) is 27.2 Å². The fourth-order valence-corrected chi connectivity index (χ4v) is 2.71. The number of ether oxygens (including phenoxy) is 1. The van der Waals surface area contributed by atoms with Crippen LogP contribution in [-0.2, 0) is 6.54 Å². The number of hydrogen-bond donors (Lipinski definition) is 1. The summed E-state index contributed by atoms with van der Waals surface area (Å²) in [5.74, 6) is 2.78. The Morgan fingerprint density at radius 3 is 2.64 bits per heavy atom. The Morgan fingerprint density at radius 2 is 2.05 bits per heavy atom. The third-order valence-corrected chi connectivity index (χ3v) is 4.22. The van der Waals surface area contributed by atoms with Gasteiger partial charge < -0.3 is 15.0 Å². The maximum Gasteiger partial charge on any atom is 0.193 e. The lowest BCUT2D eigenvalue weighted by atomic mass is 9.99. The molecule has 0 aliphatic carbocycles. The van der Waals surface area contributed by atoms with E-state index < -0.39 is 0 Å². The molecule has 2 rings (SSSR count). The van der Waals surface area contributed by atoms with Crippen molar-refractivity contribution in [3.63, 3.8) is 0 Å². The zero-order valence-electron chi connectivity index (χ0n) is 14.1. The molecule has 1 N–H and O–H groups in total. The molecule has 1 aromatic carbocycles. The Kier molecular flexibility index (Phi) is 8.00. The van der Waals surface area contributed by atoms with Gasteiger partial charge in [-0.05, 0) is 42.9 Å². The number of guanidine groups is 1. The van der Waals surface area contributed by atoms with Gasteiger partial charge in [0.15, 0.2) is 5.96 Å². The second kappa shape index (κ2) is 9.22. The maximum absolute atomic E-state index is 5.38. The average molecular weight is 417 g/mol. The van der Waals surface area contributed by atoms with Crippen LogP contribution in [0.2, 0.25) is 0 Å². The molecule has 0 radical (unpaired) electrons. The van der Waals surface area contributed by atoms with Gasteiger partial charge in [0.1, 0.15) is 5.75 Å². The van der Waals surface area contributed by atoms with E-state index in [9.17, 15) is 0 Å². The van der Waals surface area contributed by atoms with Crippen molar-refractivity contribution < 1.29 is 4.74 Å². The van der Waals surface area contributed by atoms with Gasteiger partial charge in [-0.3, -0.25) is 4.99 Å². The van der Waals surface area contributed by atoms with Gasteiger partial charge in [0, 0.05) is 26.7 Å². The number of benzene rings is 1. The largest absolute Gasteiger partial charge is 0.496 e. The summed E-state index contributed by atoms with van der Waals surface area (Å²) in [7, 11) is 3.57. The second-order valence-electron chi connectivity index (χ2n) is 5.87. The summed E-state index contributed by atoms with van der Waals surface area (Å²) in [5.41, 5.74) is 2.37. The highest BCUT2D eigenvalue weighted by atomic mass is 127. The van der Waals surface area contributed by atoms with Gasteiger partial charge >= 0.3 is 0 Å². The molecule has 1 heterocycles. The van der Waals surface area contributed by atoms with Crippen LogP contribution in [0.5, 0.6) is 5.75 Å². The van der Waals surface area contributed by atoms with E-state index in [-0.39, 0.29) is 24.0 Å². The lowest BCUT2D eigenvalue weighted by Gasteiger charge is -2.33. The Hall–Kier alpha value is -0.980. The average Bonchev–Trinajstić information content (AvgIpc) is 2.51. The van der Waals surface area contributed by atoms with Crippen LogP contribution in [0.25, 0.3) is 0 Å². The number of likely N-dealkylation sites (tertiary alicyclic amines) is 1. The Bertz CT molecular complexity index is 497. The van der Waals surface area contributed by atoms with Crippen molar-refractivity contribution in [2.45, 2.75) is 33.2 Å². The second-order valence-corrected chi connectivity index (χ2v) is 5.87. The molecule has 1 fully saturated rings. The zero-order valence-corrected chi connectivity index (χ0v) is 16.4. The van der Waals surface area contributed by atoms with Crippen LogP contribution in [0.15, 0.2) is 23.2 Å². The summed E-state index contributed by atoms with van der Waals surface area (Å²) >= 11 is 0. The highest BCUT2D eigenvalue weighted by Gasteiger charge is 2.18. The molecule has 5 heteroatoms. The molecule has 22 heavy (non-hydrogen) atoms. The molecule has 0 aromatic heterocycles. The quantitative estimate of drug-likeness (QED) is 0.465. The molecule has 0 atom stereocenters. The van der Waals surface area contributed by atoms with Crippen LogP contribution in [0.4, 0.5) is 0 Å². The third-order valence-electron chi connectivity index (χ3n) is 4.22. The minimum Gasteiger partial charge on any atom is -0.496 e. The van der Waals surface area contributed by atoms with Crippen LogP contribution in [0.1, 0.15) is 30.9 Å². The number of aryl methyl sites for hydroxylation is 1. The van der Waals surface area contributed by atoms with Crippen LogP contribution in [0.3, 0.4) is 0 Å². The number of piperidine rings is 1. The summed E-state index contributed by atoms with van der Waals surface area (Å²) in [6.45, 7) is 7.35. The van der Waals surface area contributed by atoms with E-state index in [1.54, 1.807) is 7.11 Å². The Balaban J connectivity index is 0.00000242. The normalized spacial score (nSPS) is 16.2. The predicted octanol–water partition coefficient (Wildman–Crippen LogP) is 3.43. The van der Waals surface area contributed by atoms with Crippen LogP contribution in [-0.4, -0.2) is 38.1 Å². The first kappa shape index (κ1) is 19.1. The van der Waals surface area contributed by atoms with Crippen LogP contribution >= 0.6 is 24.0 Å². The number of halogens is 1. The topological polar surface area (TPSA) is 36.9 Å². The molecule has 0 saturated carbocycles. The SMILES string of the molecule is CN=C(NCc1ccc(C)c(OC)c1)N1CCC(C)CC1.I. The van der Waals surface area contributed by atoms with E-state index in [1.807, 2.05) is 7.05 Å². The van der Waals surface area contributed by atoms with Crippen LogP contribution < -0.4 is 10.1 Å². The minimum absolute atomic E-state index is 0. The molecule has 1 aromatic rings. The van der Waals surface area contributed by atoms with E-state index >= 15 is 0 Å². The summed E-state index contributed by atoms with van der Waals surface area (Å²) in [6, 6.07) is 6.32. The molecule has 0 unspecified atom stereocenters. The van der Waals surface area contributed by atoms with E-state index in [0.29, 0.717) is 0 Å². The molecule has 0 spiro atoms. The van der Waals surface area contributed by atoms with Gasteiger partial charge in [-0.1, -0.05) is 19.1 Å². The third kappa shape index (κ3) is 5.04. The fourth-order valence-electron chi connectivity index (χ4n) is 2.71. The lowest BCUT2D eigenvalue weighted by molar-refractivity contribution is 0.273. The predicted molar refractivity (Wildman–Crippen MR) is 103 cm³/mol. The maximum atomic E-state index is 5.38. The summed E-state index contributed by atoms with van der Waals surface area (Å²) in [5, 5.41) is 3.46. The first-order chi connectivity index (χ1) is 10.1. The molecular formula is C17H28IN3O. The first-order valence-corrected chi connectivity index (χ1v) is 7.73. The highest BCUT2D eigenvalue weighted by Crippen LogP contribution is 2.19. The van der Waals surface area contributed by atoms with E-state index in [4.69, 9.17) is 4.74 Å². The van der Waals surface area contributed by atoms with Gasteiger partial charge in [0.05, 0.1) is 7.11 Å². The smallest absolute Gasteiger partial charge is 0.193 e. The molecule has 1 saturated heterocycles. The monoisotopic (exact) mass is 417 g/mol. The Morgan fingerprint density at radius 1 is 1.36 bits per heavy atom. The summed E-state index contributed by atoms with van der Waals surface area (Å²) in [6.07, 6.45) is 2.50. The van der Waals surface area contributed by atoms with Gasteiger partial charge in [-0.15, -0.1) is 24.0 Å². The Labute approximate surface area is 151 Å². The number of rotatable bonds is 3. The highest BCUT2D eigenvalue weighted by molar-refractivity contribution is 14.0. The van der Waals surface area contributed by atoms with Crippen molar-refractivity contribution in [2.24, 2.45) is 10.9 Å². The number of aliphatic imine (C=N–C) groups is 1. The fraction of sp³-hybridized carbons (Fsp3) is 0.588. The zero-order chi connectivity index (χ0) is 15.2. The summed E-state index contributed by atoms with van der Waals surface area (Å²) < 4.78 is 5.38. The van der Waals surface area contributed by atoms with Crippen molar-refractivity contribution in [3.8, 4) is 5.75 Å². The molecule has 1 aliphatic rings. The van der Waals surface area contributed by atoms with Crippen molar-refractivity contribution in [1.82, 2.24) is 10.2 Å². The van der Waals surface area contributed by atoms with Crippen molar-refractivity contribution in [1.29, 1.82) is 0 Å². The minimum atomic E-state index is 0. The van der Waals surface area contributed by atoms with Gasteiger partial charge in [-0.2, -0.15) is 0 Å². The van der Waals surface area contributed by atoms with E-state index in [0.717, 1.165) is 42.8 Å². The van der Waals surface area contributed by atoms with E-state index in [2.05, 4.69) is 47.3 Å². The summed E-state index contributed by atoms with van der Waals surface area (Å²) in [4.78, 5) is 6.76. The number of methoxy groups -OCH3 is 1. The molecule has 0 bridgehead atoms. The van der Waals surface area contributed by atoms with Crippen LogP contribution in [0, 0.1) is 12.8 Å².